The van der Waals surface area contributed by atoms with Crippen molar-refractivity contribution in [1.82, 2.24) is 10.2 Å². The maximum Gasteiger partial charge on any atom is 0.294 e. The summed E-state index contributed by atoms with van der Waals surface area (Å²) in [6.07, 6.45) is 3.94. The molecule has 3 aromatic rings. The lowest BCUT2D eigenvalue weighted by Gasteiger charge is -2.30. The molecule has 1 aliphatic heterocycles. The van der Waals surface area contributed by atoms with E-state index in [1.165, 1.54) is 0 Å². The molecule has 6 heteroatoms. The third-order valence-electron chi connectivity index (χ3n) is 6.52. The van der Waals surface area contributed by atoms with Gasteiger partial charge in [-0.3, -0.25) is 14.5 Å². The minimum absolute atomic E-state index is 0.0969. The average molecular weight is 512 g/mol. The van der Waals surface area contributed by atoms with Crippen molar-refractivity contribution in [3.05, 3.63) is 101 Å². The van der Waals surface area contributed by atoms with E-state index < -0.39 is 0 Å². The number of para-hydroxylation sites is 2. The van der Waals surface area contributed by atoms with Gasteiger partial charge < -0.3 is 15.0 Å². The van der Waals surface area contributed by atoms with Gasteiger partial charge in [-0.2, -0.15) is 0 Å². The number of nitrogens with zero attached hydrogens (tertiary/aromatic N) is 2. The molecule has 0 radical (unpaired) electrons. The van der Waals surface area contributed by atoms with Crippen LogP contribution in [0.4, 0.5) is 5.69 Å². The number of rotatable bonds is 11. The van der Waals surface area contributed by atoms with Crippen LogP contribution in [0.25, 0.3) is 6.08 Å². The van der Waals surface area contributed by atoms with Crippen LogP contribution in [0.3, 0.4) is 0 Å². The number of carbonyl (C=O) groups is 2. The fourth-order valence-electron chi connectivity index (χ4n) is 4.69. The number of nitrogens with one attached hydrogen (secondary N) is 1. The predicted octanol–water partition coefficient (Wildman–Crippen LogP) is 5.81. The van der Waals surface area contributed by atoms with Gasteiger partial charge in [0.25, 0.3) is 11.8 Å². The van der Waals surface area contributed by atoms with E-state index in [1.807, 2.05) is 61.5 Å². The first kappa shape index (κ1) is 27.1. The van der Waals surface area contributed by atoms with Crippen LogP contribution in [0.15, 0.2) is 78.6 Å². The van der Waals surface area contributed by atoms with Crippen LogP contribution >= 0.6 is 0 Å². The van der Waals surface area contributed by atoms with Crippen LogP contribution in [-0.4, -0.2) is 42.9 Å². The third kappa shape index (κ3) is 6.90. The Morgan fingerprint density at radius 2 is 1.68 bits per heavy atom. The monoisotopic (exact) mass is 511 g/mol. The van der Waals surface area contributed by atoms with Crippen molar-refractivity contribution in [2.75, 3.05) is 31.1 Å². The fraction of sp³-hybridized carbons (Fsp3) is 0.312. The number of benzene rings is 3. The van der Waals surface area contributed by atoms with Crippen molar-refractivity contribution in [3.63, 3.8) is 0 Å². The minimum atomic E-state index is -0.198. The number of amides is 2. The standard InChI is InChI=1S/C32H37N3O3/c1-4-18-34(19-5-2)20-17-33-31(36)27-15-13-25(14-16-27)22-30-32(37)35(23-26-10-8-9-24(3)21-26)28-11-6-7-12-29(28)38-30/h6-16,21-22H,4-5,17-20,23H2,1-3H3,(H,33,36)/b30-22+. The van der Waals surface area contributed by atoms with Crippen molar-refractivity contribution in [3.8, 4) is 5.75 Å². The van der Waals surface area contributed by atoms with Gasteiger partial charge in [-0.25, -0.2) is 0 Å². The van der Waals surface area contributed by atoms with Gasteiger partial charge in [0.15, 0.2) is 11.5 Å². The van der Waals surface area contributed by atoms with Crippen LogP contribution < -0.4 is 15.0 Å². The summed E-state index contributed by atoms with van der Waals surface area (Å²) in [6.45, 7) is 10.4. The summed E-state index contributed by atoms with van der Waals surface area (Å²) in [5.74, 6) is 0.596. The zero-order chi connectivity index (χ0) is 26.9. The molecule has 0 aromatic heterocycles. The Hall–Kier alpha value is -3.90. The Labute approximate surface area is 225 Å². The molecule has 38 heavy (non-hydrogen) atoms. The molecule has 2 amide bonds. The van der Waals surface area contributed by atoms with Gasteiger partial charge in [0, 0.05) is 18.7 Å². The van der Waals surface area contributed by atoms with Crippen molar-refractivity contribution in [2.24, 2.45) is 0 Å². The molecule has 3 aromatic carbocycles. The Morgan fingerprint density at radius 1 is 0.947 bits per heavy atom. The van der Waals surface area contributed by atoms with E-state index in [0.29, 0.717) is 24.4 Å². The van der Waals surface area contributed by atoms with E-state index in [9.17, 15) is 9.59 Å². The lowest BCUT2D eigenvalue weighted by Crippen LogP contribution is -2.36. The number of ether oxygens (including phenoxy) is 1. The van der Waals surface area contributed by atoms with E-state index in [1.54, 1.807) is 23.1 Å². The number of carbonyl (C=O) groups excluding carboxylic acids is 2. The largest absolute Gasteiger partial charge is 0.449 e. The summed E-state index contributed by atoms with van der Waals surface area (Å²) >= 11 is 0. The molecule has 198 valence electrons. The summed E-state index contributed by atoms with van der Waals surface area (Å²) < 4.78 is 6.02. The molecular formula is C32H37N3O3. The molecule has 0 fully saturated rings. The predicted molar refractivity (Wildman–Crippen MR) is 153 cm³/mol. The normalized spacial score (nSPS) is 13.9. The van der Waals surface area contributed by atoms with Crippen molar-refractivity contribution >= 4 is 23.6 Å². The Kier molecular flexibility index (Phi) is 9.33. The summed E-state index contributed by atoms with van der Waals surface area (Å²) in [7, 11) is 0. The van der Waals surface area contributed by atoms with Crippen molar-refractivity contribution in [1.29, 1.82) is 0 Å². The maximum absolute atomic E-state index is 13.5. The van der Waals surface area contributed by atoms with Crippen LogP contribution in [0.1, 0.15) is 53.7 Å². The topological polar surface area (TPSA) is 61.9 Å². The van der Waals surface area contributed by atoms with E-state index in [-0.39, 0.29) is 17.6 Å². The first-order chi connectivity index (χ1) is 18.5. The van der Waals surface area contributed by atoms with Gasteiger partial charge in [0.1, 0.15) is 0 Å². The highest BCUT2D eigenvalue weighted by Gasteiger charge is 2.30. The molecule has 1 heterocycles. The summed E-state index contributed by atoms with van der Waals surface area (Å²) in [5, 5.41) is 3.02. The van der Waals surface area contributed by atoms with E-state index in [2.05, 4.69) is 30.1 Å². The molecule has 0 unspecified atom stereocenters. The second kappa shape index (κ2) is 13.1. The lowest BCUT2D eigenvalue weighted by molar-refractivity contribution is -0.117. The van der Waals surface area contributed by atoms with Gasteiger partial charge in [-0.15, -0.1) is 0 Å². The van der Waals surface area contributed by atoms with E-state index in [4.69, 9.17) is 4.74 Å². The lowest BCUT2D eigenvalue weighted by atomic mass is 10.1. The molecule has 0 bridgehead atoms. The van der Waals surface area contributed by atoms with Gasteiger partial charge in [-0.1, -0.05) is 67.9 Å². The van der Waals surface area contributed by atoms with Crippen LogP contribution in [-0.2, 0) is 11.3 Å². The molecule has 6 nitrogen and oxygen atoms in total. The van der Waals surface area contributed by atoms with Crippen LogP contribution in [0, 0.1) is 6.92 Å². The minimum Gasteiger partial charge on any atom is -0.449 e. The number of fused-ring (bicyclic) bond motifs is 1. The molecule has 0 saturated carbocycles. The number of hydrogen-bond donors (Lipinski definition) is 1. The molecule has 0 saturated heterocycles. The molecule has 1 aliphatic rings. The van der Waals surface area contributed by atoms with Crippen molar-refractivity contribution in [2.45, 2.75) is 40.2 Å². The SMILES string of the molecule is CCCN(CCC)CCNC(=O)c1ccc(/C=C2/Oc3ccccc3N(Cc3cccc(C)c3)C2=O)cc1. The van der Waals surface area contributed by atoms with Gasteiger partial charge in [0.2, 0.25) is 0 Å². The van der Waals surface area contributed by atoms with E-state index >= 15 is 0 Å². The highest BCUT2D eigenvalue weighted by atomic mass is 16.5. The smallest absolute Gasteiger partial charge is 0.294 e. The number of anilines is 1. The molecule has 1 N–H and O–H groups in total. The van der Waals surface area contributed by atoms with Gasteiger partial charge in [0.05, 0.1) is 12.2 Å². The average Bonchev–Trinajstić information content (AvgIpc) is 2.91. The van der Waals surface area contributed by atoms with Gasteiger partial charge >= 0.3 is 0 Å². The Morgan fingerprint density at radius 3 is 2.39 bits per heavy atom. The summed E-state index contributed by atoms with van der Waals surface area (Å²) in [5.41, 5.74) is 4.33. The fourth-order valence-corrected chi connectivity index (χ4v) is 4.69. The van der Waals surface area contributed by atoms with E-state index in [0.717, 1.165) is 54.9 Å². The first-order valence-corrected chi connectivity index (χ1v) is 13.4. The first-order valence-electron chi connectivity index (χ1n) is 13.4. The summed E-state index contributed by atoms with van der Waals surface area (Å²) in [4.78, 5) is 30.3. The molecule has 0 aliphatic carbocycles. The highest BCUT2D eigenvalue weighted by Crippen LogP contribution is 2.36. The Bertz CT molecular complexity index is 1280. The zero-order valence-corrected chi connectivity index (χ0v) is 22.6. The van der Waals surface area contributed by atoms with Crippen LogP contribution in [0.2, 0.25) is 0 Å². The molecule has 0 atom stereocenters. The van der Waals surface area contributed by atoms with Gasteiger partial charge in [-0.05, 0) is 74.3 Å². The Balaban J connectivity index is 1.46. The zero-order valence-electron chi connectivity index (χ0n) is 22.6. The van der Waals surface area contributed by atoms with Crippen LogP contribution in [0.5, 0.6) is 5.75 Å². The highest BCUT2D eigenvalue weighted by molar-refractivity contribution is 6.09. The van der Waals surface area contributed by atoms with Crippen molar-refractivity contribution < 1.29 is 14.3 Å². The molecule has 0 spiro atoms. The third-order valence-corrected chi connectivity index (χ3v) is 6.52. The molecule has 4 rings (SSSR count). The number of hydrogen-bond acceptors (Lipinski definition) is 4. The molecular weight excluding hydrogens is 474 g/mol. The second-order valence-electron chi connectivity index (χ2n) is 9.68. The second-order valence-corrected chi connectivity index (χ2v) is 9.68. The summed E-state index contributed by atoms with van der Waals surface area (Å²) in [6, 6.07) is 23.0. The quantitative estimate of drug-likeness (QED) is 0.330. The maximum atomic E-state index is 13.5. The number of aryl methyl sites for hydroxylation is 1.